The third-order valence-electron chi connectivity index (χ3n) is 2.80. The molecule has 1 unspecified atom stereocenters. The number of rotatable bonds is 2. The summed E-state index contributed by atoms with van der Waals surface area (Å²) in [6.45, 7) is 1.70. The summed E-state index contributed by atoms with van der Waals surface area (Å²) in [6, 6.07) is 6.23. The van der Waals surface area contributed by atoms with Crippen molar-refractivity contribution >= 4 is 15.9 Å². The summed E-state index contributed by atoms with van der Waals surface area (Å²) in [5, 5.41) is 10.0. The van der Waals surface area contributed by atoms with Crippen LogP contribution in [0, 0.1) is 24.4 Å². The maximum absolute atomic E-state index is 13.9. The van der Waals surface area contributed by atoms with E-state index in [-0.39, 0.29) is 10.0 Å². The average molecular weight is 331 g/mol. The van der Waals surface area contributed by atoms with Crippen LogP contribution in [0.15, 0.2) is 34.8 Å². The Bertz CT molecular complexity index is 628. The molecule has 2 aromatic rings. The van der Waals surface area contributed by atoms with E-state index in [1.165, 1.54) is 18.2 Å². The molecule has 0 radical (unpaired) electrons. The zero-order chi connectivity index (χ0) is 14.2. The van der Waals surface area contributed by atoms with Crippen molar-refractivity contribution < 1.29 is 18.3 Å². The van der Waals surface area contributed by atoms with Gasteiger partial charge in [0.2, 0.25) is 0 Å². The summed E-state index contributed by atoms with van der Waals surface area (Å²) in [5.74, 6) is -2.57. The van der Waals surface area contributed by atoms with Crippen molar-refractivity contribution in [3.63, 3.8) is 0 Å². The molecule has 5 heteroatoms. The molecule has 0 saturated carbocycles. The molecule has 0 amide bonds. The van der Waals surface area contributed by atoms with Gasteiger partial charge >= 0.3 is 0 Å². The van der Waals surface area contributed by atoms with E-state index in [1.807, 2.05) is 0 Å². The summed E-state index contributed by atoms with van der Waals surface area (Å²) >= 11 is 2.91. The molecule has 100 valence electrons. The monoisotopic (exact) mass is 330 g/mol. The minimum atomic E-state index is -1.70. The summed E-state index contributed by atoms with van der Waals surface area (Å²) in [5.41, 5.74) is -0.0407. The minimum Gasteiger partial charge on any atom is -0.383 e. The Morgan fingerprint density at radius 1 is 1.05 bits per heavy atom. The fourth-order valence-electron chi connectivity index (χ4n) is 1.82. The molecule has 0 aliphatic heterocycles. The highest BCUT2D eigenvalue weighted by molar-refractivity contribution is 9.10. The van der Waals surface area contributed by atoms with Crippen LogP contribution in [-0.2, 0) is 0 Å². The molecular weight excluding hydrogens is 321 g/mol. The SMILES string of the molecule is Cc1ccc(F)c(C(O)c2c(F)ccc(Br)c2F)c1. The van der Waals surface area contributed by atoms with Crippen molar-refractivity contribution in [1.82, 2.24) is 0 Å². The highest BCUT2D eigenvalue weighted by Gasteiger charge is 2.24. The standard InChI is InChI=1S/C14H10BrF3O/c1-7-2-4-10(16)8(6-7)14(19)12-11(17)5-3-9(15)13(12)18/h2-6,14,19H,1H3. The number of benzene rings is 2. The third kappa shape index (κ3) is 2.67. The summed E-state index contributed by atoms with van der Waals surface area (Å²) in [6.07, 6.45) is -1.70. The first kappa shape index (κ1) is 14.1. The molecule has 19 heavy (non-hydrogen) atoms. The van der Waals surface area contributed by atoms with E-state index < -0.39 is 29.1 Å². The molecule has 1 nitrogen and oxygen atoms in total. The van der Waals surface area contributed by atoms with E-state index in [0.29, 0.717) is 5.56 Å². The van der Waals surface area contributed by atoms with Gasteiger partial charge in [-0.05, 0) is 41.1 Å². The Labute approximate surface area is 116 Å². The molecule has 1 N–H and O–H groups in total. The Hall–Kier alpha value is -1.33. The van der Waals surface area contributed by atoms with Gasteiger partial charge in [0.1, 0.15) is 23.6 Å². The molecule has 0 bridgehead atoms. The lowest BCUT2D eigenvalue weighted by Crippen LogP contribution is -2.08. The van der Waals surface area contributed by atoms with Crippen LogP contribution in [0.5, 0.6) is 0 Å². The first-order valence-electron chi connectivity index (χ1n) is 5.49. The lowest BCUT2D eigenvalue weighted by atomic mass is 9.98. The van der Waals surface area contributed by atoms with Crippen LogP contribution in [0.3, 0.4) is 0 Å². The van der Waals surface area contributed by atoms with Crippen LogP contribution in [0.25, 0.3) is 0 Å². The maximum Gasteiger partial charge on any atom is 0.146 e. The third-order valence-corrected chi connectivity index (χ3v) is 3.41. The van der Waals surface area contributed by atoms with Gasteiger partial charge in [-0.3, -0.25) is 0 Å². The number of hydrogen-bond donors (Lipinski definition) is 1. The Morgan fingerprint density at radius 2 is 1.68 bits per heavy atom. The molecular formula is C14H10BrF3O. The van der Waals surface area contributed by atoms with E-state index >= 15 is 0 Å². The topological polar surface area (TPSA) is 20.2 Å². The average Bonchev–Trinajstić information content (AvgIpc) is 2.37. The first-order valence-corrected chi connectivity index (χ1v) is 6.28. The zero-order valence-electron chi connectivity index (χ0n) is 9.92. The van der Waals surface area contributed by atoms with Crippen LogP contribution in [0.2, 0.25) is 0 Å². The normalized spacial score (nSPS) is 12.5. The lowest BCUT2D eigenvalue weighted by Gasteiger charge is -2.15. The quantitative estimate of drug-likeness (QED) is 0.816. The Kier molecular flexibility index (Phi) is 3.96. The molecule has 0 heterocycles. The van der Waals surface area contributed by atoms with Gasteiger partial charge in [0.05, 0.1) is 10.0 Å². The molecule has 0 fully saturated rings. The predicted molar refractivity (Wildman–Crippen MR) is 69.3 cm³/mol. The molecule has 1 atom stereocenters. The maximum atomic E-state index is 13.9. The van der Waals surface area contributed by atoms with E-state index in [0.717, 1.165) is 12.1 Å². The van der Waals surface area contributed by atoms with Gasteiger partial charge in [-0.25, -0.2) is 13.2 Å². The summed E-state index contributed by atoms with van der Waals surface area (Å²) in [4.78, 5) is 0. The smallest absolute Gasteiger partial charge is 0.146 e. The molecule has 0 aliphatic carbocycles. The van der Waals surface area contributed by atoms with Crippen LogP contribution in [-0.4, -0.2) is 5.11 Å². The summed E-state index contributed by atoms with van der Waals surface area (Å²) in [7, 11) is 0. The van der Waals surface area contributed by atoms with Crippen LogP contribution in [0.1, 0.15) is 22.8 Å². The number of aliphatic hydroxyl groups is 1. The molecule has 2 rings (SSSR count). The van der Waals surface area contributed by atoms with Crippen molar-refractivity contribution in [1.29, 1.82) is 0 Å². The van der Waals surface area contributed by atoms with Gasteiger partial charge in [0.25, 0.3) is 0 Å². The van der Waals surface area contributed by atoms with E-state index in [4.69, 9.17) is 0 Å². The van der Waals surface area contributed by atoms with Gasteiger partial charge < -0.3 is 5.11 Å². The van der Waals surface area contributed by atoms with Crippen molar-refractivity contribution in [3.05, 3.63) is 68.9 Å². The summed E-state index contributed by atoms with van der Waals surface area (Å²) < 4.78 is 41.2. The Balaban J connectivity index is 2.59. The van der Waals surface area contributed by atoms with Crippen LogP contribution >= 0.6 is 15.9 Å². The largest absolute Gasteiger partial charge is 0.383 e. The second kappa shape index (κ2) is 5.35. The molecule has 0 aliphatic rings. The van der Waals surface area contributed by atoms with Gasteiger partial charge in [-0.2, -0.15) is 0 Å². The van der Waals surface area contributed by atoms with Crippen molar-refractivity contribution in [3.8, 4) is 0 Å². The van der Waals surface area contributed by atoms with Crippen molar-refractivity contribution in [2.24, 2.45) is 0 Å². The second-order valence-electron chi connectivity index (χ2n) is 4.18. The van der Waals surface area contributed by atoms with E-state index in [1.54, 1.807) is 6.92 Å². The number of aryl methyl sites for hydroxylation is 1. The highest BCUT2D eigenvalue weighted by Crippen LogP contribution is 2.32. The molecule has 0 saturated heterocycles. The van der Waals surface area contributed by atoms with Crippen molar-refractivity contribution in [2.45, 2.75) is 13.0 Å². The van der Waals surface area contributed by atoms with Crippen LogP contribution < -0.4 is 0 Å². The van der Waals surface area contributed by atoms with Gasteiger partial charge in [0.15, 0.2) is 0 Å². The molecule has 0 spiro atoms. The highest BCUT2D eigenvalue weighted by atomic mass is 79.9. The first-order chi connectivity index (χ1) is 8.91. The van der Waals surface area contributed by atoms with Gasteiger partial charge in [0, 0.05) is 5.56 Å². The number of aliphatic hydroxyl groups excluding tert-OH is 1. The van der Waals surface area contributed by atoms with Gasteiger partial charge in [-0.1, -0.05) is 17.7 Å². The van der Waals surface area contributed by atoms with E-state index in [2.05, 4.69) is 15.9 Å². The zero-order valence-corrected chi connectivity index (χ0v) is 11.5. The fourth-order valence-corrected chi connectivity index (χ4v) is 2.17. The van der Waals surface area contributed by atoms with Crippen molar-refractivity contribution in [2.75, 3.05) is 0 Å². The van der Waals surface area contributed by atoms with Gasteiger partial charge in [-0.15, -0.1) is 0 Å². The number of hydrogen-bond acceptors (Lipinski definition) is 1. The molecule has 2 aromatic carbocycles. The minimum absolute atomic E-state index is 0.0102. The van der Waals surface area contributed by atoms with Crippen LogP contribution in [0.4, 0.5) is 13.2 Å². The number of halogens is 4. The fraction of sp³-hybridized carbons (Fsp3) is 0.143. The lowest BCUT2D eigenvalue weighted by molar-refractivity contribution is 0.203. The second-order valence-corrected chi connectivity index (χ2v) is 5.04. The van der Waals surface area contributed by atoms with E-state index in [9.17, 15) is 18.3 Å². The molecule has 0 aromatic heterocycles. The predicted octanol–water partition coefficient (Wildman–Crippen LogP) is 4.26. The Morgan fingerprint density at radius 3 is 2.37 bits per heavy atom.